The van der Waals surface area contributed by atoms with Gasteiger partial charge >= 0.3 is 11.9 Å². The van der Waals surface area contributed by atoms with E-state index >= 15 is 0 Å². The van der Waals surface area contributed by atoms with Gasteiger partial charge in [0.15, 0.2) is 0 Å². The molecular weight excluding hydrogens is 424 g/mol. The Morgan fingerprint density at radius 2 is 1.74 bits per heavy atom. The first-order chi connectivity index (χ1) is 14.8. The predicted octanol–water partition coefficient (Wildman–Crippen LogP) is 2.32. The number of sulfonamides is 1. The molecule has 1 aliphatic heterocycles. The molecule has 1 N–H and O–H groups in total. The number of rotatable bonds is 7. The molecule has 0 aliphatic carbocycles. The molecule has 10 heteroatoms. The Kier molecular flexibility index (Phi) is 6.51. The normalized spacial score (nSPS) is 13.6. The molecule has 160 valence electrons. The molecule has 0 spiro atoms. The predicted molar refractivity (Wildman–Crippen MR) is 111 cm³/mol. The highest BCUT2D eigenvalue weighted by molar-refractivity contribution is 7.89. The van der Waals surface area contributed by atoms with Gasteiger partial charge in [-0.3, -0.25) is 0 Å². The van der Waals surface area contributed by atoms with Gasteiger partial charge in [-0.15, -0.1) is 0 Å². The van der Waals surface area contributed by atoms with Crippen LogP contribution in [0.2, 0.25) is 0 Å². The van der Waals surface area contributed by atoms with Crippen LogP contribution in [-0.4, -0.2) is 42.7 Å². The Hall–Kier alpha value is -3.92. The molecule has 3 rings (SSSR count). The lowest BCUT2D eigenvalue weighted by molar-refractivity contribution is -0.140. The molecule has 0 aromatic heterocycles. The highest BCUT2D eigenvalue weighted by Crippen LogP contribution is 2.22. The van der Waals surface area contributed by atoms with E-state index in [0.717, 1.165) is 24.0 Å². The van der Waals surface area contributed by atoms with Crippen molar-refractivity contribution in [2.24, 2.45) is 4.99 Å². The summed E-state index contributed by atoms with van der Waals surface area (Å²) in [5.74, 6) is -2.73. The van der Waals surface area contributed by atoms with Crippen molar-refractivity contribution in [3.8, 4) is 5.75 Å². The number of esters is 1. The molecule has 0 saturated carbocycles. The number of ether oxygens (including phenoxy) is 2. The molecule has 0 radical (unpaired) electrons. The van der Waals surface area contributed by atoms with Crippen molar-refractivity contribution >= 4 is 27.8 Å². The summed E-state index contributed by atoms with van der Waals surface area (Å²) in [6.07, 6.45) is 3.04. The van der Waals surface area contributed by atoms with E-state index in [1.54, 1.807) is 24.3 Å². The number of carbonyl (C=O) groups is 2. The minimum atomic E-state index is -4.32. The third kappa shape index (κ3) is 4.98. The molecule has 0 atom stereocenters. The monoisotopic (exact) mass is 442 g/mol. The maximum Gasteiger partial charge on any atom is 0.373 e. The number of hydrogen-bond donors (Lipinski definition) is 1. The molecule has 0 fully saturated rings. The first-order valence-electron chi connectivity index (χ1n) is 8.92. The van der Waals surface area contributed by atoms with E-state index in [0.29, 0.717) is 10.1 Å². The number of nitrogens with zero attached hydrogens (tertiary/aromatic N) is 2. The molecule has 9 nitrogen and oxygen atoms in total. The summed E-state index contributed by atoms with van der Waals surface area (Å²) in [6.45, 7) is -0.00574. The van der Waals surface area contributed by atoms with Crippen LogP contribution in [0.15, 0.2) is 88.5 Å². The van der Waals surface area contributed by atoms with Crippen LogP contribution in [-0.2, 0) is 31.0 Å². The van der Waals surface area contributed by atoms with Crippen molar-refractivity contribution in [2.75, 3.05) is 7.11 Å². The van der Waals surface area contributed by atoms with E-state index in [1.807, 2.05) is 6.07 Å². The number of carboxylic acids is 1. The van der Waals surface area contributed by atoms with Gasteiger partial charge in [-0.2, -0.15) is 0 Å². The molecule has 0 bridgehead atoms. The van der Waals surface area contributed by atoms with Crippen LogP contribution in [0.4, 0.5) is 0 Å². The molecule has 0 amide bonds. The Morgan fingerprint density at radius 3 is 2.35 bits per heavy atom. The average Bonchev–Trinajstić information content (AvgIpc) is 3.02. The highest BCUT2D eigenvalue weighted by Gasteiger charge is 2.31. The molecule has 0 unspecified atom stereocenters. The van der Waals surface area contributed by atoms with E-state index in [9.17, 15) is 23.1 Å². The smallest absolute Gasteiger partial charge is 0.373 e. The fourth-order valence-electron chi connectivity index (χ4n) is 2.58. The Labute approximate surface area is 178 Å². The van der Waals surface area contributed by atoms with Gasteiger partial charge in [0.2, 0.25) is 5.84 Å². The number of aliphatic carboxylic acids is 1. The molecule has 1 heterocycles. The zero-order valence-corrected chi connectivity index (χ0v) is 17.2. The Morgan fingerprint density at radius 1 is 1.06 bits per heavy atom. The van der Waals surface area contributed by atoms with Crippen LogP contribution in [0.5, 0.6) is 5.75 Å². The van der Waals surface area contributed by atoms with E-state index < -0.39 is 27.8 Å². The highest BCUT2D eigenvalue weighted by atomic mass is 32.2. The first kappa shape index (κ1) is 21.8. The van der Waals surface area contributed by atoms with Gasteiger partial charge in [-0.05, 0) is 35.9 Å². The van der Waals surface area contributed by atoms with Crippen molar-refractivity contribution in [1.29, 1.82) is 0 Å². The lowest BCUT2D eigenvalue weighted by Gasteiger charge is -2.18. The Balaban J connectivity index is 1.86. The van der Waals surface area contributed by atoms with Crippen LogP contribution in [0, 0.1) is 0 Å². The van der Waals surface area contributed by atoms with Crippen molar-refractivity contribution in [2.45, 2.75) is 11.5 Å². The quantitative estimate of drug-likeness (QED) is 0.653. The fraction of sp³-hybridized carbons (Fsp3) is 0.0952. The molecule has 1 aliphatic rings. The van der Waals surface area contributed by atoms with Gasteiger partial charge in [0.1, 0.15) is 12.4 Å². The lowest BCUT2D eigenvalue weighted by atomic mass is 10.2. The van der Waals surface area contributed by atoms with Crippen LogP contribution < -0.4 is 4.74 Å². The van der Waals surface area contributed by atoms with Crippen LogP contribution in [0.1, 0.15) is 5.56 Å². The summed E-state index contributed by atoms with van der Waals surface area (Å²) < 4.78 is 36.7. The zero-order valence-electron chi connectivity index (χ0n) is 16.3. The van der Waals surface area contributed by atoms with Gasteiger partial charge in [0, 0.05) is 12.4 Å². The number of methoxy groups -OCH3 is 1. The van der Waals surface area contributed by atoms with Crippen molar-refractivity contribution in [3.63, 3.8) is 0 Å². The molecule has 2 aromatic rings. The van der Waals surface area contributed by atoms with Crippen LogP contribution >= 0.6 is 0 Å². The van der Waals surface area contributed by atoms with Crippen LogP contribution in [0.3, 0.4) is 0 Å². The van der Waals surface area contributed by atoms with E-state index in [-0.39, 0.29) is 17.1 Å². The van der Waals surface area contributed by atoms with E-state index in [1.165, 1.54) is 31.4 Å². The molecule has 0 saturated heterocycles. The summed E-state index contributed by atoms with van der Waals surface area (Å²) in [4.78, 5) is 27.5. The third-order valence-electron chi connectivity index (χ3n) is 4.18. The Bertz CT molecular complexity index is 1170. The summed E-state index contributed by atoms with van der Waals surface area (Å²) in [5.41, 5.74) is 0.648. The van der Waals surface area contributed by atoms with Crippen LogP contribution in [0.25, 0.3) is 0 Å². The second kappa shape index (κ2) is 9.26. The summed E-state index contributed by atoms with van der Waals surface area (Å²) in [5, 5.41) is 9.47. The van der Waals surface area contributed by atoms with Gasteiger partial charge in [0.25, 0.3) is 10.0 Å². The summed E-state index contributed by atoms with van der Waals surface area (Å²) >= 11 is 0. The number of benzene rings is 2. The number of hydrogen-bond acceptors (Lipinski definition) is 7. The maximum atomic E-state index is 13.0. The number of carbonyl (C=O) groups excluding carboxylic acids is 1. The van der Waals surface area contributed by atoms with Gasteiger partial charge < -0.3 is 14.6 Å². The second-order valence-corrected chi connectivity index (χ2v) is 8.01. The van der Waals surface area contributed by atoms with Gasteiger partial charge in [-0.25, -0.2) is 27.3 Å². The van der Waals surface area contributed by atoms with Gasteiger partial charge in [-0.1, -0.05) is 30.3 Å². The minimum Gasteiger partial charge on any atom is -0.497 e. The second-order valence-electron chi connectivity index (χ2n) is 6.20. The zero-order chi connectivity index (χ0) is 22.4. The third-order valence-corrected chi connectivity index (χ3v) is 5.86. The summed E-state index contributed by atoms with van der Waals surface area (Å²) in [6, 6.07) is 14.3. The number of carboxylic acid groups (broad SMARTS) is 1. The molecule has 2 aromatic carbocycles. The van der Waals surface area contributed by atoms with Crippen molar-refractivity contribution < 1.29 is 32.6 Å². The molecular formula is C21H18N2O7S. The first-order valence-corrected chi connectivity index (χ1v) is 10.4. The standard InChI is InChI=1S/C21H18N2O7S/c1-29-17-7-9-18(10-8-17)31(27,28)23-12-11-16(13-22-19(23)20(24)25)21(26)30-14-15-5-3-2-4-6-15/h2-13H,14H2,1H3,(H,24,25). The number of amidine groups is 1. The minimum absolute atomic E-state index is 0.00574. The summed E-state index contributed by atoms with van der Waals surface area (Å²) in [7, 11) is -2.88. The number of aliphatic imine (C=N–C) groups is 1. The van der Waals surface area contributed by atoms with E-state index in [2.05, 4.69) is 4.99 Å². The van der Waals surface area contributed by atoms with Crippen molar-refractivity contribution in [1.82, 2.24) is 4.31 Å². The molecule has 31 heavy (non-hydrogen) atoms. The van der Waals surface area contributed by atoms with Crippen molar-refractivity contribution in [3.05, 3.63) is 84.2 Å². The van der Waals surface area contributed by atoms with E-state index in [4.69, 9.17) is 9.47 Å². The van der Waals surface area contributed by atoms with Gasteiger partial charge in [0.05, 0.1) is 17.6 Å². The topological polar surface area (TPSA) is 123 Å². The SMILES string of the molecule is COc1ccc(S(=O)(=O)N2C=CC(C(=O)OCc3ccccc3)=CN=C2C(=O)O)cc1. The lowest BCUT2D eigenvalue weighted by Crippen LogP contribution is -2.37. The largest absolute Gasteiger partial charge is 0.497 e. The maximum absolute atomic E-state index is 13.0. The average molecular weight is 442 g/mol. The fourth-order valence-corrected chi connectivity index (χ4v) is 3.86.